The van der Waals surface area contributed by atoms with Gasteiger partial charge in [0.2, 0.25) is 0 Å². The Morgan fingerprint density at radius 2 is 1.95 bits per heavy atom. The van der Waals surface area contributed by atoms with E-state index in [0.717, 1.165) is 0 Å². The lowest BCUT2D eigenvalue weighted by Crippen LogP contribution is -2.61. The second kappa shape index (κ2) is 6.59. The average Bonchev–Trinajstić information content (AvgIpc) is 3.18. The molecule has 3 rings (SSSR count). The van der Waals surface area contributed by atoms with E-state index in [1.807, 2.05) is 11.3 Å². The Balaban J connectivity index is 1.79. The summed E-state index contributed by atoms with van der Waals surface area (Å²) in [4.78, 5) is 4.38. The number of likely N-dealkylation sites (N-methyl/N-ethyl adjacent to an activating group) is 1. The number of likely N-dealkylation sites (tertiary alicyclic amines) is 1. The van der Waals surface area contributed by atoms with Crippen molar-refractivity contribution in [3.63, 3.8) is 0 Å². The molecule has 2 aliphatic rings. The van der Waals surface area contributed by atoms with Crippen LogP contribution in [0.2, 0.25) is 0 Å². The fourth-order valence-electron chi connectivity index (χ4n) is 4.40. The Labute approximate surface area is 127 Å². The predicted octanol–water partition coefficient (Wildman–Crippen LogP) is 3.68. The molecule has 1 saturated heterocycles. The molecule has 2 nitrogen and oxygen atoms in total. The van der Waals surface area contributed by atoms with Crippen molar-refractivity contribution in [1.29, 1.82) is 0 Å². The van der Waals surface area contributed by atoms with Crippen LogP contribution in [0.25, 0.3) is 0 Å². The van der Waals surface area contributed by atoms with E-state index in [1.54, 1.807) is 0 Å². The van der Waals surface area contributed by atoms with E-state index in [1.165, 1.54) is 69.3 Å². The zero-order chi connectivity index (χ0) is 13.8. The first-order valence-corrected chi connectivity index (χ1v) is 9.18. The van der Waals surface area contributed by atoms with Crippen LogP contribution in [0.4, 0.5) is 0 Å². The molecule has 0 radical (unpaired) electrons. The van der Waals surface area contributed by atoms with Crippen molar-refractivity contribution >= 4 is 11.3 Å². The van der Waals surface area contributed by atoms with Crippen molar-refractivity contribution in [2.24, 2.45) is 0 Å². The standard InChI is InChI=1S/C17H28N2S/c1-18-16(14-15-8-7-13-20-15)17(9-3-4-10-17)19-11-5-2-6-12-19/h7-8,13,16,18H,2-6,9-12,14H2,1H3. The van der Waals surface area contributed by atoms with Crippen LogP contribution in [0, 0.1) is 0 Å². The summed E-state index contributed by atoms with van der Waals surface area (Å²) >= 11 is 1.91. The molecular formula is C17H28N2S. The van der Waals surface area contributed by atoms with Crippen LogP contribution in [-0.4, -0.2) is 36.6 Å². The van der Waals surface area contributed by atoms with E-state index in [-0.39, 0.29) is 0 Å². The minimum Gasteiger partial charge on any atom is -0.315 e. The van der Waals surface area contributed by atoms with Gasteiger partial charge < -0.3 is 5.32 Å². The summed E-state index contributed by atoms with van der Waals surface area (Å²) in [6, 6.07) is 5.10. The van der Waals surface area contributed by atoms with Crippen LogP contribution in [0.5, 0.6) is 0 Å². The quantitative estimate of drug-likeness (QED) is 0.890. The topological polar surface area (TPSA) is 15.3 Å². The third-order valence-electron chi connectivity index (χ3n) is 5.44. The van der Waals surface area contributed by atoms with Gasteiger partial charge in [-0.3, -0.25) is 4.90 Å². The van der Waals surface area contributed by atoms with Crippen molar-refractivity contribution in [1.82, 2.24) is 10.2 Å². The molecule has 0 aromatic carbocycles. The van der Waals surface area contributed by atoms with Crippen LogP contribution < -0.4 is 5.32 Å². The van der Waals surface area contributed by atoms with Gasteiger partial charge in [0.25, 0.3) is 0 Å². The van der Waals surface area contributed by atoms with Crippen LogP contribution in [0.1, 0.15) is 49.8 Å². The van der Waals surface area contributed by atoms with Gasteiger partial charge in [0.05, 0.1) is 0 Å². The molecule has 20 heavy (non-hydrogen) atoms. The average molecular weight is 292 g/mol. The normalized spacial score (nSPS) is 24.9. The van der Waals surface area contributed by atoms with E-state index in [4.69, 9.17) is 0 Å². The van der Waals surface area contributed by atoms with Gasteiger partial charge in [-0.2, -0.15) is 0 Å². The lowest BCUT2D eigenvalue weighted by molar-refractivity contribution is 0.0391. The molecule has 2 fully saturated rings. The zero-order valence-electron chi connectivity index (χ0n) is 12.7. The minimum absolute atomic E-state index is 0.430. The molecule has 1 aromatic rings. The first kappa shape index (κ1) is 14.6. The molecule has 1 aromatic heterocycles. The number of nitrogens with one attached hydrogen (secondary N) is 1. The highest BCUT2D eigenvalue weighted by Crippen LogP contribution is 2.40. The van der Waals surface area contributed by atoms with Gasteiger partial charge >= 0.3 is 0 Å². The number of hydrogen-bond acceptors (Lipinski definition) is 3. The first-order chi connectivity index (χ1) is 9.85. The Hall–Kier alpha value is -0.380. The minimum atomic E-state index is 0.430. The molecular weight excluding hydrogens is 264 g/mol. The molecule has 2 heterocycles. The molecule has 1 aliphatic heterocycles. The molecule has 1 atom stereocenters. The molecule has 1 N–H and O–H groups in total. The molecule has 3 heteroatoms. The summed E-state index contributed by atoms with van der Waals surface area (Å²) in [5.74, 6) is 0. The Morgan fingerprint density at radius 1 is 1.20 bits per heavy atom. The largest absolute Gasteiger partial charge is 0.315 e. The van der Waals surface area contributed by atoms with Gasteiger partial charge in [0.15, 0.2) is 0 Å². The molecule has 112 valence electrons. The van der Waals surface area contributed by atoms with E-state index >= 15 is 0 Å². The van der Waals surface area contributed by atoms with Gasteiger partial charge in [-0.25, -0.2) is 0 Å². The first-order valence-electron chi connectivity index (χ1n) is 8.30. The van der Waals surface area contributed by atoms with Crippen LogP contribution >= 0.6 is 11.3 Å². The summed E-state index contributed by atoms with van der Waals surface area (Å²) in [6.45, 7) is 2.64. The SMILES string of the molecule is CNC(Cc1cccs1)C1(N2CCCCC2)CCCC1. The third-order valence-corrected chi connectivity index (χ3v) is 6.34. The van der Waals surface area contributed by atoms with Crippen molar-refractivity contribution in [2.45, 2.75) is 62.9 Å². The van der Waals surface area contributed by atoms with Crippen LogP contribution in [0.3, 0.4) is 0 Å². The molecule has 1 unspecified atom stereocenters. The smallest absolute Gasteiger partial charge is 0.0365 e. The molecule has 0 bridgehead atoms. The highest BCUT2D eigenvalue weighted by Gasteiger charge is 2.45. The van der Waals surface area contributed by atoms with E-state index < -0.39 is 0 Å². The van der Waals surface area contributed by atoms with Gasteiger partial charge in [0.1, 0.15) is 0 Å². The van der Waals surface area contributed by atoms with Crippen LogP contribution in [0.15, 0.2) is 17.5 Å². The summed E-state index contributed by atoms with van der Waals surface area (Å²) in [5, 5.41) is 5.90. The fraction of sp³-hybridized carbons (Fsp3) is 0.765. The Morgan fingerprint density at radius 3 is 2.55 bits per heavy atom. The highest BCUT2D eigenvalue weighted by atomic mass is 32.1. The molecule has 1 saturated carbocycles. The van der Waals surface area contributed by atoms with E-state index in [9.17, 15) is 0 Å². The number of piperidine rings is 1. The van der Waals surface area contributed by atoms with Crippen molar-refractivity contribution in [3.8, 4) is 0 Å². The highest BCUT2D eigenvalue weighted by molar-refractivity contribution is 7.09. The summed E-state index contributed by atoms with van der Waals surface area (Å²) in [6.07, 6.45) is 11.0. The lowest BCUT2D eigenvalue weighted by atomic mass is 9.82. The number of rotatable bonds is 5. The summed E-state index contributed by atoms with van der Waals surface area (Å²) in [5.41, 5.74) is 0.430. The van der Waals surface area contributed by atoms with E-state index in [2.05, 4.69) is 34.8 Å². The zero-order valence-corrected chi connectivity index (χ0v) is 13.6. The monoisotopic (exact) mass is 292 g/mol. The number of thiophene rings is 1. The van der Waals surface area contributed by atoms with Gasteiger partial charge in [0, 0.05) is 16.5 Å². The number of nitrogens with zero attached hydrogens (tertiary/aromatic N) is 1. The fourth-order valence-corrected chi connectivity index (χ4v) is 5.15. The molecule has 1 aliphatic carbocycles. The van der Waals surface area contributed by atoms with Crippen molar-refractivity contribution < 1.29 is 0 Å². The number of hydrogen-bond donors (Lipinski definition) is 1. The summed E-state index contributed by atoms with van der Waals surface area (Å²) < 4.78 is 0. The van der Waals surface area contributed by atoms with Gasteiger partial charge in [-0.15, -0.1) is 11.3 Å². The second-order valence-corrected chi connectivity index (χ2v) is 7.52. The molecule has 0 spiro atoms. The maximum absolute atomic E-state index is 3.69. The Bertz CT molecular complexity index is 389. The predicted molar refractivity (Wildman–Crippen MR) is 87.5 cm³/mol. The molecule has 0 amide bonds. The Kier molecular flexibility index (Phi) is 4.79. The van der Waals surface area contributed by atoms with Crippen molar-refractivity contribution in [3.05, 3.63) is 22.4 Å². The van der Waals surface area contributed by atoms with Gasteiger partial charge in [-0.1, -0.05) is 25.3 Å². The van der Waals surface area contributed by atoms with E-state index in [0.29, 0.717) is 11.6 Å². The second-order valence-electron chi connectivity index (χ2n) is 6.48. The maximum atomic E-state index is 3.69. The maximum Gasteiger partial charge on any atom is 0.0365 e. The summed E-state index contributed by atoms with van der Waals surface area (Å²) in [7, 11) is 2.17. The van der Waals surface area contributed by atoms with Gasteiger partial charge in [-0.05, 0) is 63.7 Å². The lowest BCUT2D eigenvalue weighted by Gasteiger charge is -2.48. The third kappa shape index (κ3) is 2.81. The van der Waals surface area contributed by atoms with Crippen LogP contribution in [-0.2, 0) is 6.42 Å². The van der Waals surface area contributed by atoms with Crippen molar-refractivity contribution in [2.75, 3.05) is 20.1 Å².